The summed E-state index contributed by atoms with van der Waals surface area (Å²) in [6, 6.07) is 2.29. The highest BCUT2D eigenvalue weighted by Crippen LogP contribution is 2.45. The van der Waals surface area contributed by atoms with Crippen LogP contribution in [0.5, 0.6) is 0 Å². The van der Waals surface area contributed by atoms with Crippen LogP contribution in [0.2, 0.25) is 72.5 Å². The van der Waals surface area contributed by atoms with E-state index in [2.05, 4.69) is 147 Å². The summed E-state index contributed by atoms with van der Waals surface area (Å²) in [4.78, 5) is 54.4. The summed E-state index contributed by atoms with van der Waals surface area (Å²) in [6.45, 7) is 51.6. The number of amidine groups is 1. The average Bonchev–Trinajstić information content (AvgIpc) is 3.25. The normalized spacial score (nSPS) is 26.4. The molecule has 0 spiro atoms. The quantitative estimate of drug-likeness (QED) is 0.0213. The standard InChI is InChI=1S/C13H26O3Si.C11H24N2O2Si.C11H23NO2Si.C11H21NOSi.C7H12O3.C7H10O3/c1-7-15-12(14)10-8-11(9-10)16-17(5,6)13(2,3)4;1-11(2,3)16(4,5)15-9-6-8(7-9)10(12)13-14;1-11(2,3)15(4,5)14-9-6-8(7-9)10(12)13;1-11(2,3)14(4,5)13-10-6-9(7-10)8-12;2*1-2-10-7(9)5-3-6(8)4-5/h10-11H,7-9H2,1-6H3;8-9,14H,6-7H2,1-5H3,(H2,12,13);8-9H,6-7H2,1-5H3,(H2,12,13);9-10H,6-7H2,1-5H3;5-6,8H,2-4H2,1H3;5H,2-4H2,1H3. The van der Waals surface area contributed by atoms with Gasteiger partial charge in [0.05, 0.1) is 55.7 Å². The molecule has 0 radical (unpaired) electrons. The fourth-order valence-electron chi connectivity index (χ4n) is 8.09. The lowest BCUT2D eigenvalue weighted by molar-refractivity contribution is -0.155. The molecule has 82 heavy (non-hydrogen) atoms. The van der Waals surface area contributed by atoms with Crippen LogP contribution in [-0.2, 0) is 55.9 Å². The zero-order chi connectivity index (χ0) is 63.8. The highest BCUT2D eigenvalue weighted by Gasteiger charge is 2.47. The Hall–Kier alpha value is -3.02. The molecule has 6 N–H and O–H groups in total. The van der Waals surface area contributed by atoms with Gasteiger partial charge in [0.2, 0.25) is 5.91 Å². The molecule has 0 aromatic rings. The monoisotopic (exact) mass is 1230 g/mol. The molecule has 6 saturated carbocycles. The number of hydrogen-bond acceptors (Lipinski definition) is 16. The van der Waals surface area contributed by atoms with Crippen LogP contribution in [0.1, 0.15) is 181 Å². The van der Waals surface area contributed by atoms with Gasteiger partial charge in [-0.15, -0.1) is 0 Å². The first-order valence-corrected chi connectivity index (χ1v) is 41.9. The number of amides is 1. The third-order valence-electron chi connectivity index (χ3n) is 18.5. The van der Waals surface area contributed by atoms with Crippen LogP contribution in [0.3, 0.4) is 0 Å². The molecule has 1 amide bonds. The zero-order valence-corrected chi connectivity index (χ0v) is 59.3. The molecule has 0 atom stereocenters. The van der Waals surface area contributed by atoms with Crippen LogP contribution in [0.25, 0.3) is 0 Å². The molecule has 6 rings (SSSR count). The second-order valence-electron chi connectivity index (χ2n) is 29.5. The van der Waals surface area contributed by atoms with Gasteiger partial charge in [0.15, 0.2) is 33.3 Å². The van der Waals surface area contributed by atoms with Crippen LogP contribution in [0.4, 0.5) is 0 Å². The van der Waals surface area contributed by atoms with Gasteiger partial charge in [0, 0.05) is 49.1 Å². The van der Waals surface area contributed by atoms with Gasteiger partial charge < -0.3 is 53.7 Å². The van der Waals surface area contributed by atoms with Gasteiger partial charge in [-0.1, -0.05) is 88.2 Å². The Balaban J connectivity index is 0.000000497. The van der Waals surface area contributed by atoms with Gasteiger partial charge >= 0.3 is 17.9 Å². The number of nitrogens with zero attached hydrogens (tertiary/aromatic N) is 2. The van der Waals surface area contributed by atoms with Crippen LogP contribution in [0, 0.1) is 46.8 Å². The van der Waals surface area contributed by atoms with Crippen LogP contribution in [0.15, 0.2) is 5.16 Å². The summed E-state index contributed by atoms with van der Waals surface area (Å²) >= 11 is 0. The van der Waals surface area contributed by atoms with Crippen molar-refractivity contribution in [3.8, 4) is 6.07 Å². The minimum absolute atomic E-state index is 0.0325. The van der Waals surface area contributed by atoms with Crippen molar-refractivity contribution in [3.05, 3.63) is 0 Å². The third-order valence-corrected chi connectivity index (χ3v) is 36.6. The van der Waals surface area contributed by atoms with Crippen molar-refractivity contribution in [1.29, 1.82) is 5.26 Å². The number of aliphatic hydroxyl groups is 1. The summed E-state index contributed by atoms with van der Waals surface area (Å²) < 4.78 is 39.2. The molecule has 476 valence electrons. The SMILES string of the molecule is CC(C)(C)[Si](C)(C)OC1CC(/C(N)=N/O)C1.CC(C)(C)[Si](C)(C)OC1CC(C#N)C1.CC(C)(C)[Si](C)(C)OC1CC(C(N)=O)C1.CCOC(=O)C1CC(=O)C1.CCOC(=O)C1CC(O)C1.CCOC(=O)C1CC(O[Si](C)(C)C(C)(C)C)C1. The number of hydrogen-bond donors (Lipinski definition) is 4. The van der Waals surface area contributed by atoms with E-state index in [-0.39, 0.29) is 104 Å². The summed E-state index contributed by atoms with van der Waals surface area (Å²) in [6.07, 6.45) is 9.86. The number of esters is 3. The minimum Gasteiger partial charge on any atom is -0.466 e. The van der Waals surface area contributed by atoms with Crippen LogP contribution < -0.4 is 11.5 Å². The molecule has 6 aliphatic rings. The van der Waals surface area contributed by atoms with Crippen molar-refractivity contribution in [2.24, 2.45) is 52.1 Å². The number of ketones is 1. The number of nitrogens with two attached hydrogens (primary N) is 2. The Kier molecular flexibility index (Phi) is 30.1. The number of oxime groups is 1. The van der Waals surface area contributed by atoms with E-state index in [0.29, 0.717) is 63.5 Å². The van der Waals surface area contributed by atoms with E-state index in [1.807, 2.05) is 6.92 Å². The number of Topliss-reactive ketones (excluding diaryl/α,β-unsaturated/α-hetero) is 1. The van der Waals surface area contributed by atoms with Gasteiger partial charge in [-0.3, -0.25) is 24.0 Å². The maximum atomic E-state index is 11.5. The lowest BCUT2D eigenvalue weighted by Gasteiger charge is -2.44. The maximum absolute atomic E-state index is 11.5. The number of nitriles is 1. The molecule has 0 aliphatic heterocycles. The molecule has 0 aromatic heterocycles. The number of ether oxygens (including phenoxy) is 3. The number of primary amides is 1. The largest absolute Gasteiger partial charge is 0.466 e. The van der Waals surface area contributed by atoms with Gasteiger partial charge in [-0.25, -0.2) is 0 Å². The van der Waals surface area contributed by atoms with Gasteiger partial charge in [-0.2, -0.15) is 5.26 Å². The topological polar surface area (TPSA) is 279 Å². The van der Waals surface area contributed by atoms with Crippen LogP contribution in [-0.4, -0.2) is 129 Å². The first kappa shape index (κ1) is 77.0. The molecule has 0 bridgehead atoms. The van der Waals surface area contributed by atoms with E-state index in [4.69, 9.17) is 59.0 Å². The fraction of sp³-hybridized carbons (Fsp3) is 0.883. The average molecular weight is 1230 g/mol. The summed E-state index contributed by atoms with van der Waals surface area (Å²) in [7, 11) is -6.57. The van der Waals surface area contributed by atoms with Crippen molar-refractivity contribution < 1.29 is 66.2 Å². The van der Waals surface area contributed by atoms with Gasteiger partial charge in [-0.05, 0) is 158 Å². The predicted octanol–water partition coefficient (Wildman–Crippen LogP) is 12.3. The number of carbonyl (C=O) groups is 5. The highest BCUT2D eigenvalue weighted by molar-refractivity contribution is 6.75. The van der Waals surface area contributed by atoms with Crippen LogP contribution >= 0.6 is 0 Å². The molecule has 18 nitrogen and oxygen atoms in total. The number of aliphatic hydroxyl groups excluding tert-OH is 1. The molecule has 0 aromatic carbocycles. The fourth-order valence-corrected chi connectivity index (χ4v) is 13.6. The minimum atomic E-state index is -1.67. The molecule has 0 unspecified atom stereocenters. The molecule has 0 saturated heterocycles. The van der Waals surface area contributed by atoms with Crippen molar-refractivity contribution in [3.63, 3.8) is 0 Å². The Labute approximate surface area is 499 Å². The Morgan fingerprint density at radius 2 is 0.768 bits per heavy atom. The lowest BCUT2D eigenvalue weighted by Crippen LogP contribution is -2.49. The maximum Gasteiger partial charge on any atom is 0.309 e. The van der Waals surface area contributed by atoms with Crippen molar-refractivity contribution in [2.45, 2.75) is 284 Å². The molecular weight excluding hydrogens is 1110 g/mol. The summed E-state index contributed by atoms with van der Waals surface area (Å²) in [5, 5.41) is 30.1. The van der Waals surface area contributed by atoms with E-state index in [1.165, 1.54) is 0 Å². The first-order chi connectivity index (χ1) is 37.2. The van der Waals surface area contributed by atoms with E-state index in [9.17, 15) is 24.0 Å². The molecule has 0 heterocycles. The summed E-state index contributed by atoms with van der Waals surface area (Å²) in [5.41, 5.74) is 10.8. The van der Waals surface area contributed by atoms with Gasteiger partial charge in [0.1, 0.15) is 11.6 Å². The molecule has 6 fully saturated rings. The molecule has 22 heteroatoms. The van der Waals surface area contributed by atoms with Gasteiger partial charge in [0.25, 0.3) is 0 Å². The predicted molar refractivity (Wildman–Crippen MR) is 334 cm³/mol. The lowest BCUT2D eigenvalue weighted by atomic mass is 9.82. The van der Waals surface area contributed by atoms with E-state index >= 15 is 0 Å². The number of rotatable bonds is 16. The molecular formula is C60H116N4O14Si4. The zero-order valence-electron chi connectivity index (χ0n) is 55.3. The third kappa shape index (κ3) is 24.8. The van der Waals surface area contributed by atoms with Crippen molar-refractivity contribution in [2.75, 3.05) is 19.8 Å². The van der Waals surface area contributed by atoms with Crippen molar-refractivity contribution >= 4 is 68.7 Å². The Morgan fingerprint density at radius 3 is 1.01 bits per heavy atom. The van der Waals surface area contributed by atoms with E-state index in [0.717, 1.165) is 51.4 Å². The Morgan fingerprint density at radius 1 is 0.500 bits per heavy atom. The second-order valence-corrected chi connectivity index (χ2v) is 48.5. The first-order valence-electron chi connectivity index (χ1n) is 30.3. The second kappa shape index (κ2) is 32.1. The molecule has 6 aliphatic carbocycles. The Bertz CT molecular complexity index is 2090. The highest BCUT2D eigenvalue weighted by atomic mass is 28.4. The van der Waals surface area contributed by atoms with E-state index < -0.39 is 33.3 Å². The van der Waals surface area contributed by atoms with Crippen molar-refractivity contribution in [1.82, 2.24) is 0 Å². The number of carbonyl (C=O) groups excluding carboxylic acids is 5. The smallest absolute Gasteiger partial charge is 0.309 e. The van der Waals surface area contributed by atoms with E-state index in [1.54, 1.807) is 13.8 Å². The summed E-state index contributed by atoms with van der Waals surface area (Å²) in [5.74, 6) is 0.326.